The van der Waals surface area contributed by atoms with Gasteiger partial charge in [0.1, 0.15) is 11.8 Å². The van der Waals surface area contributed by atoms with Crippen molar-refractivity contribution in [1.29, 1.82) is 0 Å². The van der Waals surface area contributed by atoms with Crippen LogP contribution in [0.2, 0.25) is 0 Å². The van der Waals surface area contributed by atoms with E-state index in [9.17, 15) is 14.7 Å². The van der Waals surface area contributed by atoms with Gasteiger partial charge in [-0.2, -0.15) is 5.01 Å². The van der Waals surface area contributed by atoms with Gasteiger partial charge >= 0.3 is 0 Å². The number of carbonyl (C=O) groups is 2. The molecule has 1 N–H and O–H groups in total. The van der Waals surface area contributed by atoms with Crippen LogP contribution in [0, 0.1) is 5.92 Å². The summed E-state index contributed by atoms with van der Waals surface area (Å²) in [6.07, 6.45) is 2.62. The van der Waals surface area contributed by atoms with E-state index < -0.39 is 24.1 Å². The minimum absolute atomic E-state index is 0.250. The number of methoxy groups -OCH3 is 1. The number of aliphatic hydroxyl groups is 1. The minimum atomic E-state index is -0.971. The number of likely N-dealkylation sites (tertiary alicyclic amines) is 1. The highest BCUT2D eigenvalue weighted by atomic mass is 16.5. The molecule has 0 spiro atoms. The second-order valence-electron chi connectivity index (χ2n) is 8.66. The van der Waals surface area contributed by atoms with Crippen molar-refractivity contribution in [3.05, 3.63) is 103 Å². The standard InChI is InChI=1S/C28H27N3O4/c1-29-27(33)23-17-18-24(26(32)19-13-15-22(35-2)16-14-19)31(25(23)28(29)34)30(20-9-5-3-6-10-20)21-11-7-4-8-12-21/h3-18,23-26,32H,1-2H3. The van der Waals surface area contributed by atoms with E-state index in [0.29, 0.717) is 11.3 Å². The van der Waals surface area contributed by atoms with Gasteiger partial charge in [-0.3, -0.25) is 19.5 Å². The van der Waals surface area contributed by atoms with E-state index in [4.69, 9.17) is 4.74 Å². The molecule has 7 nitrogen and oxygen atoms in total. The van der Waals surface area contributed by atoms with Crippen LogP contribution in [0.4, 0.5) is 11.4 Å². The Kier molecular flexibility index (Phi) is 6.11. The predicted octanol–water partition coefficient (Wildman–Crippen LogP) is 3.71. The number of aliphatic hydroxyl groups excluding tert-OH is 1. The first-order valence-electron chi connectivity index (χ1n) is 11.5. The summed E-state index contributed by atoms with van der Waals surface area (Å²) in [5.74, 6) is -0.500. The van der Waals surface area contributed by atoms with Crippen LogP contribution in [0.3, 0.4) is 0 Å². The fraction of sp³-hybridized carbons (Fsp3) is 0.214. The first kappa shape index (κ1) is 22.8. The molecule has 5 rings (SSSR count). The summed E-state index contributed by atoms with van der Waals surface area (Å²) in [6, 6.07) is 25.1. The number of carbonyl (C=O) groups excluding carboxylic acids is 2. The van der Waals surface area contributed by atoms with Gasteiger partial charge in [-0.15, -0.1) is 0 Å². The highest BCUT2D eigenvalue weighted by molar-refractivity contribution is 6.08. The Morgan fingerprint density at radius 3 is 1.94 bits per heavy atom. The van der Waals surface area contributed by atoms with E-state index in [-0.39, 0.29) is 11.8 Å². The first-order chi connectivity index (χ1) is 17.0. The number of likely N-dealkylation sites (N-methyl/N-ethyl adjacent to an activating group) is 1. The number of ether oxygens (including phenoxy) is 1. The van der Waals surface area contributed by atoms with E-state index >= 15 is 0 Å². The molecule has 2 amide bonds. The van der Waals surface area contributed by atoms with E-state index in [1.54, 1.807) is 25.3 Å². The number of nitrogens with zero attached hydrogens (tertiary/aromatic N) is 3. The van der Waals surface area contributed by atoms with Gasteiger partial charge in [0.25, 0.3) is 0 Å². The number of imide groups is 1. The number of hydrogen-bond donors (Lipinski definition) is 1. The average molecular weight is 470 g/mol. The molecule has 7 heteroatoms. The summed E-state index contributed by atoms with van der Waals surface area (Å²) in [4.78, 5) is 27.5. The molecule has 2 aliphatic rings. The number of amides is 2. The van der Waals surface area contributed by atoms with Gasteiger partial charge < -0.3 is 9.84 Å². The third-order valence-corrected chi connectivity index (χ3v) is 6.66. The Labute approximate surface area is 204 Å². The largest absolute Gasteiger partial charge is 0.497 e. The van der Waals surface area contributed by atoms with Crippen molar-refractivity contribution < 1.29 is 19.4 Å². The van der Waals surface area contributed by atoms with E-state index in [1.807, 2.05) is 88.9 Å². The summed E-state index contributed by atoms with van der Waals surface area (Å²) in [5, 5.41) is 15.4. The van der Waals surface area contributed by atoms with Crippen LogP contribution in [0.1, 0.15) is 11.7 Å². The smallest absolute Gasteiger partial charge is 0.249 e. The van der Waals surface area contributed by atoms with Crippen molar-refractivity contribution in [3.63, 3.8) is 0 Å². The molecule has 0 saturated carbocycles. The van der Waals surface area contributed by atoms with Crippen LogP contribution >= 0.6 is 0 Å². The zero-order valence-electron chi connectivity index (χ0n) is 19.6. The molecule has 0 bridgehead atoms. The second kappa shape index (κ2) is 9.37. The lowest BCUT2D eigenvalue weighted by molar-refractivity contribution is -0.138. The van der Waals surface area contributed by atoms with Gasteiger partial charge in [-0.05, 0) is 42.0 Å². The molecular formula is C28H27N3O4. The first-order valence-corrected chi connectivity index (χ1v) is 11.5. The molecule has 2 heterocycles. The van der Waals surface area contributed by atoms with Gasteiger partial charge in [0.2, 0.25) is 11.8 Å². The summed E-state index contributed by atoms with van der Waals surface area (Å²) in [6.45, 7) is 0. The lowest BCUT2D eigenvalue weighted by Crippen LogP contribution is -2.59. The van der Waals surface area contributed by atoms with Gasteiger partial charge in [0.05, 0.1) is 36.5 Å². The number of fused-ring (bicyclic) bond motifs is 1. The molecule has 1 saturated heterocycles. The Morgan fingerprint density at radius 1 is 0.829 bits per heavy atom. The number of benzene rings is 3. The van der Waals surface area contributed by atoms with Crippen molar-refractivity contribution in [3.8, 4) is 5.75 Å². The number of anilines is 2. The summed E-state index contributed by atoms with van der Waals surface area (Å²) < 4.78 is 5.26. The van der Waals surface area contributed by atoms with Crippen LogP contribution < -0.4 is 9.75 Å². The van der Waals surface area contributed by atoms with Crippen molar-refractivity contribution in [1.82, 2.24) is 9.91 Å². The maximum absolute atomic E-state index is 13.4. The molecule has 3 aromatic rings. The minimum Gasteiger partial charge on any atom is -0.497 e. The molecule has 0 aliphatic carbocycles. The molecule has 3 aromatic carbocycles. The molecule has 4 unspecified atom stereocenters. The SMILES string of the molecule is COc1ccc(C(O)C2C=CC3C(=O)N(C)C(=O)C3N2N(c2ccccc2)c2ccccc2)cc1. The molecule has 0 radical (unpaired) electrons. The van der Waals surface area contributed by atoms with E-state index in [2.05, 4.69) is 0 Å². The summed E-state index contributed by atoms with van der Waals surface area (Å²) in [7, 11) is 3.10. The zero-order valence-corrected chi connectivity index (χ0v) is 19.6. The maximum Gasteiger partial charge on any atom is 0.249 e. The quantitative estimate of drug-likeness (QED) is 0.438. The fourth-order valence-electron chi connectivity index (χ4n) is 4.85. The van der Waals surface area contributed by atoms with E-state index in [1.165, 1.54) is 11.9 Å². The van der Waals surface area contributed by atoms with Crippen molar-refractivity contribution in [2.75, 3.05) is 19.2 Å². The molecule has 2 aliphatic heterocycles. The van der Waals surface area contributed by atoms with Crippen LogP contribution in [-0.2, 0) is 9.59 Å². The Hall–Kier alpha value is -3.94. The lowest BCUT2D eigenvalue weighted by atomic mass is 9.90. The van der Waals surface area contributed by atoms with Crippen LogP contribution in [-0.4, -0.2) is 53.1 Å². The predicted molar refractivity (Wildman–Crippen MR) is 133 cm³/mol. The maximum atomic E-state index is 13.4. The average Bonchev–Trinajstić information content (AvgIpc) is 3.13. The number of hydrazine groups is 1. The highest BCUT2D eigenvalue weighted by Crippen LogP contribution is 2.41. The fourth-order valence-corrected chi connectivity index (χ4v) is 4.85. The van der Waals surface area contributed by atoms with Crippen LogP contribution in [0.25, 0.3) is 0 Å². The van der Waals surface area contributed by atoms with E-state index in [0.717, 1.165) is 11.4 Å². The van der Waals surface area contributed by atoms with Crippen molar-refractivity contribution in [2.45, 2.75) is 18.2 Å². The summed E-state index contributed by atoms with van der Waals surface area (Å²) >= 11 is 0. The Bertz CT molecular complexity index is 1190. The van der Waals surface area contributed by atoms with Crippen LogP contribution in [0.15, 0.2) is 97.1 Å². The lowest BCUT2D eigenvalue weighted by Gasteiger charge is -2.47. The zero-order chi connectivity index (χ0) is 24.5. The highest BCUT2D eigenvalue weighted by Gasteiger charge is 2.54. The molecule has 178 valence electrons. The Morgan fingerprint density at radius 2 is 1.40 bits per heavy atom. The number of para-hydroxylation sites is 2. The van der Waals surface area contributed by atoms with Crippen LogP contribution in [0.5, 0.6) is 5.75 Å². The Balaban J connectivity index is 1.67. The number of rotatable bonds is 6. The molecule has 4 atom stereocenters. The molecular weight excluding hydrogens is 442 g/mol. The molecule has 35 heavy (non-hydrogen) atoms. The molecule has 0 aromatic heterocycles. The van der Waals surface area contributed by atoms with Crippen molar-refractivity contribution in [2.24, 2.45) is 5.92 Å². The van der Waals surface area contributed by atoms with Gasteiger partial charge in [0, 0.05) is 7.05 Å². The second-order valence-corrected chi connectivity index (χ2v) is 8.66. The third-order valence-electron chi connectivity index (χ3n) is 6.66. The van der Waals surface area contributed by atoms with Gasteiger partial charge in [-0.1, -0.05) is 60.7 Å². The van der Waals surface area contributed by atoms with Crippen molar-refractivity contribution >= 4 is 23.2 Å². The van der Waals surface area contributed by atoms with Gasteiger partial charge in [-0.25, -0.2) is 0 Å². The molecule has 1 fully saturated rings. The topological polar surface area (TPSA) is 73.3 Å². The third kappa shape index (κ3) is 3.99. The number of hydrogen-bond acceptors (Lipinski definition) is 6. The summed E-state index contributed by atoms with van der Waals surface area (Å²) in [5.41, 5.74) is 2.30. The normalized spacial score (nSPS) is 22.7. The monoisotopic (exact) mass is 469 g/mol. The van der Waals surface area contributed by atoms with Gasteiger partial charge in [0.15, 0.2) is 0 Å².